The molecule has 0 saturated heterocycles. The van der Waals surface area contributed by atoms with Crippen LogP contribution in [0.1, 0.15) is 18.6 Å². The van der Waals surface area contributed by atoms with E-state index in [0.717, 1.165) is 5.56 Å². The summed E-state index contributed by atoms with van der Waals surface area (Å²) in [6.45, 7) is 1.97. The summed E-state index contributed by atoms with van der Waals surface area (Å²) in [7, 11) is 0. The molecule has 20 heavy (non-hydrogen) atoms. The number of nitrogens with zero attached hydrogens (tertiary/aromatic N) is 3. The molecule has 3 aromatic rings. The van der Waals surface area contributed by atoms with Gasteiger partial charge in [-0.2, -0.15) is 4.98 Å². The molecule has 1 atom stereocenters. The lowest BCUT2D eigenvalue weighted by Crippen LogP contribution is -2.12. The normalized spacial score (nSPS) is 12.3. The third-order valence-corrected chi connectivity index (χ3v) is 3.05. The van der Waals surface area contributed by atoms with E-state index in [2.05, 4.69) is 15.4 Å². The third kappa shape index (κ3) is 2.28. The van der Waals surface area contributed by atoms with E-state index in [1.54, 1.807) is 12.4 Å². The lowest BCUT2D eigenvalue weighted by Gasteiger charge is -2.15. The van der Waals surface area contributed by atoms with E-state index in [0.29, 0.717) is 17.3 Å². The van der Waals surface area contributed by atoms with E-state index in [1.807, 2.05) is 47.9 Å². The number of nitrogen functional groups attached to an aromatic ring is 1. The van der Waals surface area contributed by atoms with Gasteiger partial charge in [0.25, 0.3) is 5.88 Å². The van der Waals surface area contributed by atoms with Crippen LogP contribution in [-0.2, 0) is 0 Å². The average Bonchev–Trinajstić information content (AvgIpc) is 2.96. The number of benzene rings is 1. The lowest BCUT2D eigenvalue weighted by molar-refractivity contribution is 0.219. The number of anilines is 1. The van der Waals surface area contributed by atoms with Gasteiger partial charge in [0.1, 0.15) is 6.10 Å². The Morgan fingerprint density at radius 2 is 2.10 bits per heavy atom. The zero-order valence-electron chi connectivity index (χ0n) is 11.0. The van der Waals surface area contributed by atoms with Crippen LogP contribution in [0.5, 0.6) is 5.88 Å². The average molecular weight is 269 g/mol. The second-order valence-electron chi connectivity index (χ2n) is 4.40. The van der Waals surface area contributed by atoms with Crippen LogP contribution in [0.2, 0.25) is 0 Å². The van der Waals surface area contributed by atoms with E-state index >= 15 is 0 Å². The molecule has 2 heterocycles. The maximum absolute atomic E-state index is 5.92. The predicted molar refractivity (Wildman–Crippen MR) is 76.3 cm³/mol. The fraction of sp³-hybridized carbons (Fsp3) is 0.143. The molecule has 0 aliphatic heterocycles. The number of hydrogen-bond donors (Lipinski definition) is 2. The van der Waals surface area contributed by atoms with Gasteiger partial charge in [-0.05, 0) is 12.5 Å². The zero-order chi connectivity index (χ0) is 13.9. The number of aromatic nitrogens is 3. The minimum atomic E-state index is -0.128. The van der Waals surface area contributed by atoms with E-state index in [1.165, 1.54) is 0 Å². The van der Waals surface area contributed by atoms with Crippen molar-refractivity contribution >= 4 is 11.5 Å². The number of nitrogens with two attached hydrogens (primary N) is 1. The summed E-state index contributed by atoms with van der Waals surface area (Å²) in [6.07, 6.45) is 5.13. The summed E-state index contributed by atoms with van der Waals surface area (Å²) in [6, 6.07) is 9.95. The maximum Gasteiger partial charge on any atom is 0.261 e. The molecule has 0 bridgehead atoms. The van der Waals surface area contributed by atoms with E-state index in [-0.39, 0.29) is 6.10 Å². The molecule has 0 spiro atoms. The first kappa shape index (κ1) is 12.4. The van der Waals surface area contributed by atoms with Gasteiger partial charge >= 0.3 is 0 Å². The van der Waals surface area contributed by atoms with Crippen LogP contribution >= 0.6 is 0 Å². The number of rotatable bonds is 4. The molecule has 0 aliphatic rings. The Bertz CT molecular complexity index is 710. The predicted octanol–water partition coefficient (Wildman–Crippen LogP) is 2.15. The molecule has 6 heteroatoms. The maximum atomic E-state index is 5.92. The Morgan fingerprint density at radius 1 is 1.30 bits per heavy atom. The topological polar surface area (TPSA) is 77.5 Å². The van der Waals surface area contributed by atoms with Crippen molar-refractivity contribution in [2.75, 3.05) is 5.43 Å². The highest BCUT2D eigenvalue weighted by Gasteiger charge is 2.13. The second-order valence-corrected chi connectivity index (χ2v) is 4.40. The first-order chi connectivity index (χ1) is 9.78. The molecular weight excluding hydrogens is 254 g/mol. The number of nitrogens with one attached hydrogen (secondary N) is 1. The van der Waals surface area contributed by atoms with Gasteiger partial charge in [-0.3, -0.25) is 4.40 Å². The van der Waals surface area contributed by atoms with Crippen molar-refractivity contribution in [1.29, 1.82) is 0 Å². The Balaban J connectivity index is 1.95. The summed E-state index contributed by atoms with van der Waals surface area (Å²) in [5, 5.41) is 0. The van der Waals surface area contributed by atoms with Gasteiger partial charge in [0, 0.05) is 12.4 Å². The highest BCUT2D eigenvalue weighted by atomic mass is 16.5. The largest absolute Gasteiger partial charge is 0.467 e. The second kappa shape index (κ2) is 5.18. The Morgan fingerprint density at radius 3 is 2.85 bits per heavy atom. The minimum absolute atomic E-state index is 0.128. The number of hydrogen-bond acceptors (Lipinski definition) is 5. The van der Waals surface area contributed by atoms with Gasteiger partial charge in [-0.25, -0.2) is 10.8 Å². The standard InChI is InChI=1S/C14H15N5O/c1-10(11-5-3-2-4-6-11)20-14-13-16-7-8-19(13)9-12(17-14)18-15/h2-10,18H,15H2,1H3. The zero-order valence-corrected chi connectivity index (χ0v) is 11.0. The summed E-state index contributed by atoms with van der Waals surface area (Å²) in [4.78, 5) is 8.56. The van der Waals surface area contributed by atoms with Crippen molar-refractivity contribution in [3.05, 3.63) is 54.5 Å². The molecular formula is C14H15N5O. The van der Waals surface area contributed by atoms with Crippen molar-refractivity contribution < 1.29 is 4.74 Å². The number of hydrazine groups is 1. The molecule has 102 valence electrons. The Labute approximate surface area is 116 Å². The van der Waals surface area contributed by atoms with Crippen LogP contribution in [0.3, 0.4) is 0 Å². The van der Waals surface area contributed by atoms with Crippen molar-refractivity contribution in [2.45, 2.75) is 13.0 Å². The smallest absolute Gasteiger partial charge is 0.261 e. The highest BCUT2D eigenvalue weighted by Crippen LogP contribution is 2.24. The molecule has 0 aliphatic carbocycles. The Hall–Kier alpha value is -2.60. The first-order valence-corrected chi connectivity index (χ1v) is 6.30. The van der Waals surface area contributed by atoms with Crippen molar-refractivity contribution in [3.8, 4) is 5.88 Å². The van der Waals surface area contributed by atoms with Crippen LogP contribution in [-0.4, -0.2) is 14.4 Å². The molecule has 0 amide bonds. The van der Waals surface area contributed by atoms with E-state index < -0.39 is 0 Å². The van der Waals surface area contributed by atoms with Crippen LogP contribution in [0.15, 0.2) is 48.9 Å². The molecule has 0 radical (unpaired) electrons. The molecule has 6 nitrogen and oxygen atoms in total. The third-order valence-electron chi connectivity index (χ3n) is 3.05. The van der Waals surface area contributed by atoms with Gasteiger partial charge in [-0.15, -0.1) is 0 Å². The highest BCUT2D eigenvalue weighted by molar-refractivity contribution is 5.53. The molecule has 1 unspecified atom stereocenters. The lowest BCUT2D eigenvalue weighted by atomic mass is 10.1. The summed E-state index contributed by atoms with van der Waals surface area (Å²) in [5.74, 6) is 6.38. The van der Waals surface area contributed by atoms with Crippen LogP contribution in [0.25, 0.3) is 5.65 Å². The van der Waals surface area contributed by atoms with Gasteiger partial charge in [0.2, 0.25) is 5.65 Å². The van der Waals surface area contributed by atoms with Gasteiger partial charge in [0.05, 0.1) is 6.20 Å². The molecule has 1 aromatic carbocycles. The van der Waals surface area contributed by atoms with E-state index in [9.17, 15) is 0 Å². The number of ether oxygens (including phenoxy) is 1. The fourth-order valence-corrected chi connectivity index (χ4v) is 2.01. The van der Waals surface area contributed by atoms with Crippen molar-refractivity contribution in [3.63, 3.8) is 0 Å². The summed E-state index contributed by atoms with van der Waals surface area (Å²) < 4.78 is 7.74. The first-order valence-electron chi connectivity index (χ1n) is 6.30. The number of imidazole rings is 1. The van der Waals surface area contributed by atoms with Crippen molar-refractivity contribution in [1.82, 2.24) is 14.4 Å². The van der Waals surface area contributed by atoms with Crippen LogP contribution in [0, 0.1) is 0 Å². The monoisotopic (exact) mass is 269 g/mol. The summed E-state index contributed by atoms with van der Waals surface area (Å²) in [5.41, 5.74) is 4.26. The Kier molecular flexibility index (Phi) is 3.22. The fourth-order valence-electron chi connectivity index (χ4n) is 2.01. The molecule has 3 N–H and O–H groups in total. The molecule has 0 fully saturated rings. The SMILES string of the molecule is CC(Oc1nc(NN)cn2ccnc12)c1ccccc1. The number of fused-ring (bicyclic) bond motifs is 1. The molecule has 3 rings (SSSR count). The van der Waals surface area contributed by atoms with E-state index in [4.69, 9.17) is 10.6 Å². The summed E-state index contributed by atoms with van der Waals surface area (Å²) >= 11 is 0. The van der Waals surface area contributed by atoms with Crippen LogP contribution in [0.4, 0.5) is 5.82 Å². The van der Waals surface area contributed by atoms with Gasteiger partial charge < -0.3 is 10.2 Å². The molecule has 0 saturated carbocycles. The van der Waals surface area contributed by atoms with Crippen LogP contribution < -0.4 is 16.0 Å². The van der Waals surface area contributed by atoms with Crippen molar-refractivity contribution in [2.24, 2.45) is 5.84 Å². The minimum Gasteiger partial charge on any atom is -0.467 e. The van der Waals surface area contributed by atoms with Gasteiger partial charge in [0.15, 0.2) is 5.82 Å². The van der Waals surface area contributed by atoms with Gasteiger partial charge in [-0.1, -0.05) is 30.3 Å². The molecule has 2 aromatic heterocycles. The quantitative estimate of drug-likeness (QED) is 0.560.